The third kappa shape index (κ3) is 1.69. The molecule has 3 N–H and O–H groups in total. The monoisotopic (exact) mass is 190 g/mol. The van der Waals surface area contributed by atoms with Crippen molar-refractivity contribution in [2.45, 2.75) is 12.8 Å². The first-order valence-electron chi connectivity index (χ1n) is 4.83. The van der Waals surface area contributed by atoms with Crippen molar-refractivity contribution in [1.29, 1.82) is 5.41 Å². The van der Waals surface area contributed by atoms with Gasteiger partial charge >= 0.3 is 0 Å². The molecule has 14 heavy (non-hydrogen) atoms. The molecule has 1 aromatic rings. The van der Waals surface area contributed by atoms with E-state index in [1.807, 2.05) is 12.1 Å². The van der Waals surface area contributed by atoms with Crippen molar-refractivity contribution in [3.63, 3.8) is 0 Å². The Morgan fingerprint density at radius 3 is 2.79 bits per heavy atom. The molecule has 1 fully saturated rings. The summed E-state index contributed by atoms with van der Waals surface area (Å²) in [4.78, 5) is 6.33. The molecule has 0 spiro atoms. The average Bonchev–Trinajstić information content (AvgIpc) is 2.71. The van der Waals surface area contributed by atoms with E-state index in [-0.39, 0.29) is 5.84 Å². The summed E-state index contributed by atoms with van der Waals surface area (Å²) in [5, 5.41) is 7.30. The minimum Gasteiger partial charge on any atom is -0.382 e. The van der Waals surface area contributed by atoms with E-state index in [0.29, 0.717) is 5.69 Å². The van der Waals surface area contributed by atoms with Crippen molar-refractivity contribution >= 4 is 11.5 Å². The largest absolute Gasteiger partial charge is 0.382 e. The van der Waals surface area contributed by atoms with Gasteiger partial charge in [-0.25, -0.2) is 0 Å². The van der Waals surface area contributed by atoms with Crippen molar-refractivity contribution in [2.75, 3.05) is 18.0 Å². The molecule has 0 bridgehead atoms. The van der Waals surface area contributed by atoms with Gasteiger partial charge in [0.2, 0.25) is 0 Å². The number of aromatic nitrogens is 1. The van der Waals surface area contributed by atoms with Crippen LogP contribution in [0.4, 0.5) is 5.69 Å². The van der Waals surface area contributed by atoms with Crippen molar-refractivity contribution in [3.8, 4) is 0 Å². The molecule has 4 nitrogen and oxygen atoms in total. The van der Waals surface area contributed by atoms with Crippen LogP contribution in [-0.2, 0) is 0 Å². The summed E-state index contributed by atoms with van der Waals surface area (Å²) in [6, 6.07) is 3.85. The van der Waals surface area contributed by atoms with Gasteiger partial charge < -0.3 is 10.6 Å². The lowest BCUT2D eigenvalue weighted by Crippen LogP contribution is -2.19. The summed E-state index contributed by atoms with van der Waals surface area (Å²) >= 11 is 0. The SMILES string of the molecule is N=C(N)c1cc(N2CCCC2)ccn1. The van der Waals surface area contributed by atoms with Crippen LogP contribution in [0.25, 0.3) is 0 Å². The standard InChI is InChI=1S/C10H14N4/c11-10(12)9-7-8(3-4-13-9)14-5-1-2-6-14/h3-4,7H,1-2,5-6H2,(H3,11,12). The zero-order chi connectivity index (χ0) is 9.97. The molecule has 0 unspecified atom stereocenters. The fourth-order valence-corrected chi connectivity index (χ4v) is 1.74. The number of amidine groups is 1. The van der Waals surface area contributed by atoms with Crippen molar-refractivity contribution in [1.82, 2.24) is 4.98 Å². The summed E-state index contributed by atoms with van der Waals surface area (Å²) < 4.78 is 0. The smallest absolute Gasteiger partial charge is 0.141 e. The van der Waals surface area contributed by atoms with Crippen LogP contribution >= 0.6 is 0 Å². The van der Waals surface area contributed by atoms with Crippen molar-refractivity contribution < 1.29 is 0 Å². The number of nitrogens with zero attached hydrogens (tertiary/aromatic N) is 2. The molecule has 0 aliphatic carbocycles. The predicted molar refractivity (Wildman–Crippen MR) is 56.7 cm³/mol. The molecule has 0 atom stereocenters. The van der Waals surface area contributed by atoms with Crippen LogP contribution < -0.4 is 10.6 Å². The van der Waals surface area contributed by atoms with E-state index in [1.54, 1.807) is 6.20 Å². The van der Waals surface area contributed by atoms with Gasteiger partial charge in [0, 0.05) is 25.0 Å². The number of nitrogens with one attached hydrogen (secondary N) is 1. The van der Waals surface area contributed by atoms with Gasteiger partial charge in [-0.1, -0.05) is 0 Å². The highest BCUT2D eigenvalue weighted by Gasteiger charge is 2.12. The Bertz CT molecular complexity index is 342. The summed E-state index contributed by atoms with van der Waals surface area (Å²) in [5.74, 6) is 0.0334. The van der Waals surface area contributed by atoms with Crippen LogP contribution in [0.15, 0.2) is 18.3 Å². The van der Waals surface area contributed by atoms with Crippen LogP contribution in [0.2, 0.25) is 0 Å². The van der Waals surface area contributed by atoms with E-state index in [0.717, 1.165) is 18.8 Å². The van der Waals surface area contributed by atoms with Crippen LogP contribution in [0.3, 0.4) is 0 Å². The number of nitrogen functional groups attached to an aromatic ring is 1. The third-order valence-corrected chi connectivity index (χ3v) is 2.49. The number of rotatable bonds is 2. The van der Waals surface area contributed by atoms with Gasteiger partial charge in [0.05, 0.1) is 0 Å². The first-order valence-corrected chi connectivity index (χ1v) is 4.83. The Hall–Kier alpha value is -1.58. The second-order valence-electron chi connectivity index (χ2n) is 3.51. The van der Waals surface area contributed by atoms with Gasteiger partial charge in [-0.15, -0.1) is 0 Å². The number of hydrogen-bond acceptors (Lipinski definition) is 3. The van der Waals surface area contributed by atoms with E-state index < -0.39 is 0 Å². The second kappa shape index (κ2) is 3.65. The van der Waals surface area contributed by atoms with Crippen molar-refractivity contribution in [2.24, 2.45) is 5.73 Å². The van der Waals surface area contributed by atoms with Gasteiger partial charge in [-0.2, -0.15) is 0 Å². The van der Waals surface area contributed by atoms with E-state index >= 15 is 0 Å². The number of hydrogen-bond donors (Lipinski definition) is 2. The van der Waals surface area contributed by atoms with Gasteiger partial charge in [0.15, 0.2) is 0 Å². The maximum atomic E-state index is 7.30. The van der Waals surface area contributed by atoms with Crippen LogP contribution in [0.1, 0.15) is 18.5 Å². The molecule has 1 aliphatic rings. The Kier molecular flexibility index (Phi) is 2.35. The second-order valence-corrected chi connectivity index (χ2v) is 3.51. The molecular formula is C10H14N4. The molecule has 2 heterocycles. The van der Waals surface area contributed by atoms with E-state index in [1.165, 1.54) is 12.8 Å². The highest BCUT2D eigenvalue weighted by Crippen LogP contribution is 2.19. The molecule has 0 radical (unpaired) electrons. The molecular weight excluding hydrogens is 176 g/mol. The lowest BCUT2D eigenvalue weighted by Gasteiger charge is -2.17. The molecule has 0 saturated carbocycles. The normalized spacial score (nSPS) is 15.9. The fraction of sp³-hybridized carbons (Fsp3) is 0.400. The van der Waals surface area contributed by atoms with Gasteiger partial charge in [0.1, 0.15) is 11.5 Å². The maximum absolute atomic E-state index is 7.30. The topological polar surface area (TPSA) is 66.0 Å². The summed E-state index contributed by atoms with van der Waals surface area (Å²) in [6.07, 6.45) is 4.21. The van der Waals surface area contributed by atoms with Crippen molar-refractivity contribution in [3.05, 3.63) is 24.0 Å². The first kappa shape index (κ1) is 8.99. The first-order chi connectivity index (χ1) is 6.77. The van der Waals surface area contributed by atoms with Crippen LogP contribution in [0.5, 0.6) is 0 Å². The fourth-order valence-electron chi connectivity index (χ4n) is 1.74. The number of nitrogens with two attached hydrogens (primary N) is 1. The van der Waals surface area contributed by atoms with Gasteiger partial charge in [0.25, 0.3) is 0 Å². The van der Waals surface area contributed by atoms with Gasteiger partial charge in [-0.05, 0) is 25.0 Å². The molecule has 2 rings (SSSR count). The highest BCUT2D eigenvalue weighted by atomic mass is 15.1. The van der Waals surface area contributed by atoms with Crippen LogP contribution in [-0.4, -0.2) is 23.9 Å². The zero-order valence-corrected chi connectivity index (χ0v) is 8.03. The molecule has 1 aliphatic heterocycles. The molecule has 0 amide bonds. The Morgan fingerprint density at radius 2 is 2.14 bits per heavy atom. The van der Waals surface area contributed by atoms with Crippen LogP contribution in [0, 0.1) is 5.41 Å². The average molecular weight is 190 g/mol. The van der Waals surface area contributed by atoms with E-state index in [4.69, 9.17) is 11.1 Å². The Morgan fingerprint density at radius 1 is 1.43 bits per heavy atom. The molecule has 1 aromatic heterocycles. The highest BCUT2D eigenvalue weighted by molar-refractivity contribution is 5.93. The third-order valence-electron chi connectivity index (χ3n) is 2.49. The Balaban J connectivity index is 2.25. The summed E-state index contributed by atoms with van der Waals surface area (Å²) in [5.41, 5.74) is 7.08. The summed E-state index contributed by atoms with van der Waals surface area (Å²) in [6.45, 7) is 2.20. The number of anilines is 1. The molecule has 1 saturated heterocycles. The summed E-state index contributed by atoms with van der Waals surface area (Å²) in [7, 11) is 0. The van der Waals surface area contributed by atoms with E-state index in [9.17, 15) is 0 Å². The lowest BCUT2D eigenvalue weighted by molar-refractivity contribution is 0.949. The molecule has 0 aromatic carbocycles. The van der Waals surface area contributed by atoms with Gasteiger partial charge in [-0.3, -0.25) is 10.4 Å². The minimum atomic E-state index is 0.0334. The zero-order valence-electron chi connectivity index (χ0n) is 8.03. The number of pyridine rings is 1. The quantitative estimate of drug-likeness (QED) is 0.539. The molecule has 74 valence electrons. The van der Waals surface area contributed by atoms with E-state index in [2.05, 4.69) is 9.88 Å². The molecule has 4 heteroatoms. The minimum absolute atomic E-state index is 0.0334. The lowest BCUT2D eigenvalue weighted by atomic mass is 10.3. The maximum Gasteiger partial charge on any atom is 0.141 e. The predicted octanol–water partition coefficient (Wildman–Crippen LogP) is 0.966. The Labute approximate surface area is 83.3 Å².